The summed E-state index contributed by atoms with van der Waals surface area (Å²) in [7, 11) is 0. The summed E-state index contributed by atoms with van der Waals surface area (Å²) < 4.78 is 0. The van der Waals surface area contributed by atoms with Crippen molar-refractivity contribution in [2.45, 2.75) is 32.6 Å². The Balaban J connectivity index is 1.50. The largest absolute Gasteiger partial charge is 0.384 e. The fourth-order valence-corrected chi connectivity index (χ4v) is 3.91. The molecule has 0 radical (unpaired) electrons. The summed E-state index contributed by atoms with van der Waals surface area (Å²) >= 11 is 0. The average molecular weight is 387 g/mol. The van der Waals surface area contributed by atoms with Gasteiger partial charge >= 0.3 is 0 Å². The summed E-state index contributed by atoms with van der Waals surface area (Å²) in [4.78, 5) is 27.6. The molecule has 6 nitrogen and oxygen atoms in total. The predicted molar refractivity (Wildman–Crippen MR) is 113 cm³/mol. The van der Waals surface area contributed by atoms with Gasteiger partial charge in [-0.1, -0.05) is 18.2 Å². The van der Waals surface area contributed by atoms with E-state index in [0.29, 0.717) is 18.8 Å². The maximum Gasteiger partial charge on any atom is 0.227 e. The van der Waals surface area contributed by atoms with Crippen LogP contribution in [0.4, 0.5) is 5.82 Å². The molecule has 6 heteroatoms. The lowest BCUT2D eigenvalue weighted by Crippen LogP contribution is -2.30. The van der Waals surface area contributed by atoms with Gasteiger partial charge in [0.15, 0.2) is 0 Å². The molecular weight excluding hydrogens is 362 g/mol. The highest BCUT2D eigenvalue weighted by Crippen LogP contribution is 2.33. The first-order valence-corrected chi connectivity index (χ1v) is 9.87. The number of nitrogen functional groups attached to an aromatic ring is 1. The van der Waals surface area contributed by atoms with Crippen LogP contribution in [0.15, 0.2) is 49.1 Å². The molecule has 1 aromatic carbocycles. The summed E-state index contributed by atoms with van der Waals surface area (Å²) in [5.74, 6) is 0.819. The first kappa shape index (κ1) is 19.1. The van der Waals surface area contributed by atoms with E-state index in [9.17, 15) is 4.79 Å². The van der Waals surface area contributed by atoms with Gasteiger partial charge in [0.1, 0.15) is 12.1 Å². The number of hydrogen-bond acceptors (Lipinski definition) is 5. The van der Waals surface area contributed by atoms with Crippen LogP contribution in [0.25, 0.3) is 11.1 Å². The second-order valence-corrected chi connectivity index (χ2v) is 7.71. The van der Waals surface area contributed by atoms with E-state index in [4.69, 9.17) is 5.73 Å². The van der Waals surface area contributed by atoms with Crippen molar-refractivity contribution in [3.8, 4) is 11.1 Å². The van der Waals surface area contributed by atoms with Crippen LogP contribution in [0.3, 0.4) is 0 Å². The summed E-state index contributed by atoms with van der Waals surface area (Å²) in [6.07, 6.45) is 6.41. The SMILES string of the molecule is Cc1ccc(CC(=O)N2CCC(c3ncncc3-c3ccnc(N)c3)C2)cc1C. The molecule has 0 spiro atoms. The number of amides is 1. The van der Waals surface area contributed by atoms with Gasteiger partial charge in [-0.3, -0.25) is 4.79 Å². The van der Waals surface area contributed by atoms with Gasteiger partial charge < -0.3 is 10.6 Å². The summed E-state index contributed by atoms with van der Waals surface area (Å²) in [5, 5.41) is 0. The zero-order valence-electron chi connectivity index (χ0n) is 16.8. The fraction of sp³-hybridized carbons (Fsp3) is 0.304. The van der Waals surface area contributed by atoms with Crippen molar-refractivity contribution in [1.82, 2.24) is 19.9 Å². The van der Waals surface area contributed by atoms with E-state index >= 15 is 0 Å². The molecule has 1 atom stereocenters. The lowest BCUT2D eigenvalue weighted by Gasteiger charge is -2.18. The topological polar surface area (TPSA) is 85.0 Å². The summed E-state index contributed by atoms with van der Waals surface area (Å²) in [6, 6.07) is 9.98. The van der Waals surface area contributed by atoms with Gasteiger partial charge in [-0.15, -0.1) is 0 Å². The second kappa shape index (κ2) is 7.99. The van der Waals surface area contributed by atoms with Crippen molar-refractivity contribution in [1.29, 1.82) is 0 Å². The van der Waals surface area contributed by atoms with Gasteiger partial charge in [-0.25, -0.2) is 15.0 Å². The Bertz CT molecular complexity index is 1050. The number of nitrogens with two attached hydrogens (primary N) is 1. The van der Waals surface area contributed by atoms with Gasteiger partial charge in [0.2, 0.25) is 5.91 Å². The standard InChI is InChI=1S/C23H25N5O/c1-15-3-4-17(9-16(15)2)10-22(29)28-8-6-19(13-28)23-20(12-25-14-27-23)18-5-7-26-21(24)11-18/h3-5,7,9,11-12,14,19H,6,8,10,13H2,1-2H3,(H2,24,26). The summed E-state index contributed by atoms with van der Waals surface area (Å²) in [5.41, 5.74) is 12.3. The number of benzene rings is 1. The highest BCUT2D eigenvalue weighted by atomic mass is 16.2. The molecule has 1 aliphatic rings. The molecule has 1 unspecified atom stereocenters. The van der Waals surface area contributed by atoms with Gasteiger partial charge in [-0.2, -0.15) is 0 Å². The second-order valence-electron chi connectivity index (χ2n) is 7.71. The maximum absolute atomic E-state index is 12.9. The first-order valence-electron chi connectivity index (χ1n) is 9.87. The Morgan fingerprint density at radius 1 is 1.17 bits per heavy atom. The zero-order chi connectivity index (χ0) is 20.4. The quantitative estimate of drug-likeness (QED) is 0.742. The highest BCUT2D eigenvalue weighted by Gasteiger charge is 2.30. The molecule has 0 saturated carbocycles. The van der Waals surface area contributed by atoms with E-state index < -0.39 is 0 Å². The van der Waals surface area contributed by atoms with Crippen LogP contribution < -0.4 is 5.73 Å². The van der Waals surface area contributed by atoms with E-state index in [1.807, 2.05) is 29.3 Å². The van der Waals surface area contributed by atoms with Crippen LogP contribution >= 0.6 is 0 Å². The van der Waals surface area contributed by atoms with Crippen LogP contribution in [0.1, 0.15) is 34.7 Å². The fourth-order valence-electron chi connectivity index (χ4n) is 3.91. The number of carbonyl (C=O) groups excluding carboxylic acids is 1. The van der Waals surface area contributed by atoms with Crippen LogP contribution in [0, 0.1) is 13.8 Å². The van der Waals surface area contributed by atoms with E-state index in [1.54, 1.807) is 12.5 Å². The number of likely N-dealkylation sites (tertiary alicyclic amines) is 1. The normalized spacial score (nSPS) is 16.2. The minimum atomic E-state index is 0.166. The number of hydrogen-bond donors (Lipinski definition) is 1. The smallest absolute Gasteiger partial charge is 0.227 e. The van der Waals surface area contributed by atoms with Gasteiger partial charge in [-0.05, 0) is 54.7 Å². The van der Waals surface area contributed by atoms with E-state index in [-0.39, 0.29) is 11.8 Å². The van der Waals surface area contributed by atoms with Crippen molar-refractivity contribution < 1.29 is 4.79 Å². The third kappa shape index (κ3) is 4.11. The highest BCUT2D eigenvalue weighted by molar-refractivity contribution is 5.79. The molecule has 2 N–H and O–H groups in total. The number of nitrogens with zero attached hydrogens (tertiary/aromatic N) is 4. The molecule has 4 rings (SSSR count). The molecule has 1 aliphatic heterocycles. The van der Waals surface area contributed by atoms with E-state index in [0.717, 1.165) is 35.3 Å². The Hall–Kier alpha value is -3.28. The Morgan fingerprint density at radius 3 is 2.83 bits per heavy atom. The van der Waals surface area contributed by atoms with Crippen LogP contribution in [0.2, 0.25) is 0 Å². The molecule has 148 valence electrons. The molecule has 29 heavy (non-hydrogen) atoms. The lowest BCUT2D eigenvalue weighted by atomic mass is 9.96. The van der Waals surface area contributed by atoms with Crippen molar-refractivity contribution in [3.63, 3.8) is 0 Å². The molecule has 1 saturated heterocycles. The molecule has 0 aliphatic carbocycles. The van der Waals surface area contributed by atoms with Gasteiger partial charge in [0.25, 0.3) is 0 Å². The minimum absolute atomic E-state index is 0.166. The number of aromatic nitrogens is 3. The Labute approximate surface area is 170 Å². The first-order chi connectivity index (χ1) is 14.0. The lowest BCUT2D eigenvalue weighted by molar-refractivity contribution is -0.129. The number of aryl methyl sites for hydroxylation is 2. The monoisotopic (exact) mass is 387 g/mol. The number of rotatable bonds is 4. The van der Waals surface area contributed by atoms with Crippen molar-refractivity contribution >= 4 is 11.7 Å². The number of pyridine rings is 1. The van der Waals surface area contributed by atoms with Crippen LogP contribution in [-0.2, 0) is 11.2 Å². The van der Waals surface area contributed by atoms with Crippen LogP contribution in [-0.4, -0.2) is 38.8 Å². The molecule has 3 heterocycles. The molecule has 1 amide bonds. The maximum atomic E-state index is 12.9. The predicted octanol–water partition coefficient (Wildman–Crippen LogP) is 3.30. The van der Waals surface area contributed by atoms with Crippen molar-refractivity contribution in [2.75, 3.05) is 18.8 Å². The molecule has 2 aromatic heterocycles. The molecule has 0 bridgehead atoms. The molecule has 1 fully saturated rings. The van der Waals surface area contributed by atoms with Crippen molar-refractivity contribution in [2.24, 2.45) is 0 Å². The Morgan fingerprint density at radius 2 is 2.03 bits per heavy atom. The zero-order valence-corrected chi connectivity index (χ0v) is 16.8. The Kier molecular flexibility index (Phi) is 5.25. The number of anilines is 1. The van der Waals surface area contributed by atoms with E-state index in [1.165, 1.54) is 11.1 Å². The van der Waals surface area contributed by atoms with E-state index in [2.05, 4.69) is 40.9 Å². The molecule has 3 aromatic rings. The van der Waals surface area contributed by atoms with Gasteiger partial charge in [0.05, 0.1) is 12.1 Å². The summed E-state index contributed by atoms with van der Waals surface area (Å²) in [6.45, 7) is 5.59. The number of carbonyl (C=O) groups is 1. The molecular formula is C23H25N5O. The van der Waals surface area contributed by atoms with Gasteiger partial charge in [0, 0.05) is 37.0 Å². The average Bonchev–Trinajstić information content (AvgIpc) is 3.21. The third-order valence-electron chi connectivity index (χ3n) is 5.69. The third-order valence-corrected chi connectivity index (χ3v) is 5.69. The van der Waals surface area contributed by atoms with Crippen LogP contribution in [0.5, 0.6) is 0 Å². The van der Waals surface area contributed by atoms with Crippen molar-refractivity contribution in [3.05, 3.63) is 71.4 Å². The minimum Gasteiger partial charge on any atom is -0.384 e.